The lowest BCUT2D eigenvalue weighted by Gasteiger charge is -2.19. The number of nitrogens with one attached hydrogen (secondary N) is 1. The summed E-state index contributed by atoms with van der Waals surface area (Å²) in [5.74, 6) is -0.428. The predicted octanol–water partition coefficient (Wildman–Crippen LogP) is 2.34. The highest BCUT2D eigenvalue weighted by Crippen LogP contribution is 2.20. The Bertz CT molecular complexity index is 981. The van der Waals surface area contributed by atoms with Gasteiger partial charge >= 0.3 is 0 Å². The van der Waals surface area contributed by atoms with E-state index in [4.69, 9.17) is 0 Å². The number of amides is 2. The molecule has 1 aliphatic heterocycles. The van der Waals surface area contributed by atoms with Crippen LogP contribution in [0, 0.1) is 6.92 Å². The van der Waals surface area contributed by atoms with Gasteiger partial charge in [0.15, 0.2) is 5.69 Å². The molecule has 0 aliphatic carbocycles. The summed E-state index contributed by atoms with van der Waals surface area (Å²) >= 11 is 1.45. The summed E-state index contributed by atoms with van der Waals surface area (Å²) < 4.78 is 1.94. The lowest BCUT2D eigenvalue weighted by atomic mass is 10.2. The molecule has 4 heterocycles. The van der Waals surface area contributed by atoms with Crippen LogP contribution in [0.25, 0.3) is 0 Å². The van der Waals surface area contributed by atoms with Gasteiger partial charge in [0.2, 0.25) is 0 Å². The zero-order chi connectivity index (χ0) is 18.8. The van der Waals surface area contributed by atoms with E-state index in [1.54, 1.807) is 41.1 Å². The van der Waals surface area contributed by atoms with Crippen molar-refractivity contribution in [3.63, 3.8) is 0 Å². The fourth-order valence-corrected chi connectivity index (χ4v) is 3.66. The summed E-state index contributed by atoms with van der Waals surface area (Å²) in [6.07, 6.45) is 5.67. The fourth-order valence-electron chi connectivity index (χ4n) is 3.07. The van der Waals surface area contributed by atoms with Crippen LogP contribution >= 0.6 is 11.3 Å². The standard InChI is InChI=1S/C18H18N6O2S/c1-12-21-14(10-27-12)18(26)23-6-3-7-24-11-20-16(15(24)9-23)17(25)22-13-4-2-5-19-8-13/h2,4-5,8,10-11H,3,6-7,9H2,1H3,(H,22,25). The van der Waals surface area contributed by atoms with E-state index in [1.807, 2.05) is 11.5 Å². The first kappa shape index (κ1) is 17.3. The van der Waals surface area contributed by atoms with Crippen LogP contribution in [0.3, 0.4) is 0 Å². The number of anilines is 1. The minimum absolute atomic E-state index is 0.118. The highest BCUT2D eigenvalue weighted by atomic mass is 32.1. The highest BCUT2D eigenvalue weighted by Gasteiger charge is 2.26. The minimum Gasteiger partial charge on any atom is -0.332 e. The van der Waals surface area contributed by atoms with Crippen molar-refractivity contribution in [2.24, 2.45) is 0 Å². The maximum atomic E-state index is 12.8. The van der Waals surface area contributed by atoms with Crippen LogP contribution < -0.4 is 5.32 Å². The number of fused-ring (bicyclic) bond motifs is 1. The Morgan fingerprint density at radius 2 is 2.19 bits per heavy atom. The van der Waals surface area contributed by atoms with Crippen LogP contribution in [0.5, 0.6) is 0 Å². The second kappa shape index (κ2) is 7.28. The molecule has 3 aromatic rings. The van der Waals surface area contributed by atoms with Gasteiger partial charge in [-0.1, -0.05) is 0 Å². The molecule has 27 heavy (non-hydrogen) atoms. The average molecular weight is 382 g/mol. The smallest absolute Gasteiger partial charge is 0.276 e. The number of carbonyl (C=O) groups excluding carboxylic acids is 2. The quantitative estimate of drug-likeness (QED) is 0.750. The summed E-state index contributed by atoms with van der Waals surface area (Å²) in [5.41, 5.74) is 2.11. The Morgan fingerprint density at radius 3 is 2.93 bits per heavy atom. The summed E-state index contributed by atoms with van der Waals surface area (Å²) in [4.78, 5) is 39.8. The topological polar surface area (TPSA) is 93.0 Å². The molecule has 4 rings (SSSR count). The minimum atomic E-state index is -0.310. The van der Waals surface area contributed by atoms with Crippen molar-refractivity contribution in [3.8, 4) is 0 Å². The number of carbonyl (C=O) groups is 2. The van der Waals surface area contributed by atoms with Gasteiger partial charge in [0.1, 0.15) is 5.69 Å². The molecule has 0 unspecified atom stereocenters. The maximum absolute atomic E-state index is 12.8. The van der Waals surface area contributed by atoms with Gasteiger partial charge in [-0.2, -0.15) is 0 Å². The summed E-state index contributed by atoms with van der Waals surface area (Å²) in [5, 5.41) is 5.43. The third kappa shape index (κ3) is 3.59. The molecule has 1 aliphatic rings. The lowest BCUT2D eigenvalue weighted by Crippen LogP contribution is -2.31. The first-order valence-corrected chi connectivity index (χ1v) is 9.46. The largest absolute Gasteiger partial charge is 0.332 e. The van der Waals surface area contributed by atoms with E-state index >= 15 is 0 Å². The van der Waals surface area contributed by atoms with Crippen molar-refractivity contribution in [1.82, 2.24) is 24.4 Å². The number of hydrogen-bond donors (Lipinski definition) is 1. The summed E-state index contributed by atoms with van der Waals surface area (Å²) in [6, 6.07) is 3.51. The molecule has 0 saturated heterocycles. The molecule has 0 aromatic carbocycles. The monoisotopic (exact) mass is 382 g/mol. The van der Waals surface area contributed by atoms with E-state index < -0.39 is 0 Å². The number of aromatic nitrogens is 4. The Morgan fingerprint density at radius 1 is 1.30 bits per heavy atom. The fraction of sp³-hybridized carbons (Fsp3) is 0.278. The molecule has 3 aromatic heterocycles. The molecular formula is C18H18N6O2S. The molecule has 0 fully saturated rings. The molecular weight excluding hydrogens is 364 g/mol. The zero-order valence-corrected chi connectivity index (χ0v) is 15.6. The SMILES string of the molecule is Cc1nc(C(=O)N2CCCn3cnc(C(=O)Nc4cccnc4)c3C2)cs1. The van der Waals surface area contributed by atoms with Gasteiger partial charge in [-0.3, -0.25) is 14.6 Å². The van der Waals surface area contributed by atoms with Gasteiger partial charge in [0.25, 0.3) is 11.8 Å². The van der Waals surface area contributed by atoms with E-state index in [-0.39, 0.29) is 11.8 Å². The predicted molar refractivity (Wildman–Crippen MR) is 101 cm³/mol. The molecule has 9 heteroatoms. The van der Waals surface area contributed by atoms with Gasteiger partial charge in [-0.15, -0.1) is 11.3 Å². The van der Waals surface area contributed by atoms with Crippen molar-refractivity contribution < 1.29 is 9.59 Å². The van der Waals surface area contributed by atoms with Gasteiger partial charge in [-0.05, 0) is 25.5 Å². The van der Waals surface area contributed by atoms with Gasteiger partial charge < -0.3 is 14.8 Å². The molecule has 2 amide bonds. The zero-order valence-electron chi connectivity index (χ0n) is 14.8. The maximum Gasteiger partial charge on any atom is 0.276 e. The number of thiazole rings is 1. The van der Waals surface area contributed by atoms with Gasteiger partial charge in [0, 0.05) is 24.7 Å². The number of pyridine rings is 1. The normalized spacial score (nSPS) is 13.7. The lowest BCUT2D eigenvalue weighted by molar-refractivity contribution is 0.0738. The third-order valence-corrected chi connectivity index (χ3v) is 5.15. The van der Waals surface area contributed by atoms with Crippen LogP contribution in [0.15, 0.2) is 36.2 Å². The summed E-state index contributed by atoms with van der Waals surface area (Å²) in [6.45, 7) is 3.52. The van der Waals surface area contributed by atoms with Crippen LogP contribution in [0.2, 0.25) is 0 Å². The molecule has 0 spiro atoms. The number of hydrogen-bond acceptors (Lipinski definition) is 6. The Balaban J connectivity index is 1.57. The van der Waals surface area contributed by atoms with Gasteiger partial charge in [0.05, 0.1) is 35.5 Å². The van der Waals surface area contributed by atoms with Crippen molar-refractivity contribution in [2.75, 3.05) is 11.9 Å². The van der Waals surface area contributed by atoms with Crippen LogP contribution in [0.1, 0.15) is 38.1 Å². The van der Waals surface area contributed by atoms with E-state index in [9.17, 15) is 9.59 Å². The highest BCUT2D eigenvalue weighted by molar-refractivity contribution is 7.09. The summed E-state index contributed by atoms with van der Waals surface area (Å²) in [7, 11) is 0. The van der Waals surface area contributed by atoms with Crippen molar-refractivity contribution in [2.45, 2.75) is 26.4 Å². The molecule has 0 bridgehead atoms. The molecule has 0 radical (unpaired) electrons. The van der Waals surface area contributed by atoms with Crippen LogP contribution in [-0.4, -0.2) is 42.8 Å². The van der Waals surface area contributed by atoms with Crippen LogP contribution in [0.4, 0.5) is 5.69 Å². The second-order valence-electron chi connectivity index (χ2n) is 6.26. The van der Waals surface area contributed by atoms with Crippen molar-refractivity contribution in [3.05, 3.63) is 58.3 Å². The van der Waals surface area contributed by atoms with E-state index in [0.717, 1.165) is 17.1 Å². The average Bonchev–Trinajstić information content (AvgIpc) is 3.22. The number of nitrogens with zero attached hydrogens (tertiary/aromatic N) is 5. The van der Waals surface area contributed by atoms with E-state index in [0.29, 0.717) is 36.7 Å². The molecule has 0 saturated carbocycles. The molecule has 138 valence electrons. The number of imidazole rings is 1. The Kier molecular flexibility index (Phi) is 4.68. The first-order valence-electron chi connectivity index (χ1n) is 8.58. The second-order valence-corrected chi connectivity index (χ2v) is 7.32. The number of aryl methyl sites for hydroxylation is 2. The first-order chi connectivity index (χ1) is 13.1. The molecule has 1 N–H and O–H groups in total. The molecule has 0 atom stereocenters. The third-order valence-electron chi connectivity index (χ3n) is 4.37. The number of rotatable bonds is 3. The Labute approximate surface area is 159 Å². The van der Waals surface area contributed by atoms with E-state index in [1.165, 1.54) is 11.3 Å². The van der Waals surface area contributed by atoms with E-state index in [2.05, 4.69) is 20.3 Å². The van der Waals surface area contributed by atoms with Gasteiger partial charge in [-0.25, -0.2) is 9.97 Å². The van der Waals surface area contributed by atoms with Crippen molar-refractivity contribution in [1.29, 1.82) is 0 Å². The Hall–Kier alpha value is -3.07. The van der Waals surface area contributed by atoms with Crippen LogP contribution in [-0.2, 0) is 13.1 Å². The van der Waals surface area contributed by atoms with Crippen molar-refractivity contribution >= 4 is 28.8 Å². The molecule has 8 nitrogen and oxygen atoms in total.